The average molecular weight is 448 g/mol. The number of carbonyl (C=O) groups excluding carboxylic acids is 1. The second-order valence-corrected chi connectivity index (χ2v) is 8.42. The Kier molecular flexibility index (Phi) is 7.10. The zero-order valence-corrected chi connectivity index (χ0v) is 17.9. The van der Waals surface area contributed by atoms with Crippen LogP contribution >= 0.6 is 0 Å². The van der Waals surface area contributed by atoms with Crippen molar-refractivity contribution in [2.45, 2.75) is 50.4 Å². The summed E-state index contributed by atoms with van der Waals surface area (Å²) in [4.78, 5) is 18.4. The smallest absolute Gasteiger partial charge is 0.377 e. The first-order chi connectivity index (χ1) is 15.4. The van der Waals surface area contributed by atoms with Crippen LogP contribution in [0, 0.1) is 0 Å². The number of ether oxygens (including phenoxy) is 1. The Morgan fingerprint density at radius 2 is 2.03 bits per heavy atom. The molecule has 5 nitrogen and oxygen atoms in total. The number of hydrogen-bond donors (Lipinski definition) is 1. The molecule has 0 radical (unpaired) electrons. The molecule has 2 atom stereocenters. The molecule has 0 saturated carbocycles. The van der Waals surface area contributed by atoms with E-state index < -0.39 is 17.8 Å². The molecule has 1 N–H and O–H groups in total. The van der Waals surface area contributed by atoms with E-state index in [1.807, 2.05) is 4.90 Å². The lowest BCUT2D eigenvalue weighted by Crippen LogP contribution is -2.29. The number of fused-ring (bicyclic) bond motifs is 1. The van der Waals surface area contributed by atoms with Crippen molar-refractivity contribution in [1.82, 2.24) is 9.88 Å². The number of aldehydes is 1. The zero-order chi connectivity index (χ0) is 22.6. The fourth-order valence-electron chi connectivity index (χ4n) is 4.40. The number of nitrogens with zero attached hydrogens (tertiary/aromatic N) is 2. The van der Waals surface area contributed by atoms with E-state index in [1.54, 1.807) is 0 Å². The number of benzene rings is 1. The maximum absolute atomic E-state index is 12.8. The highest BCUT2D eigenvalue weighted by molar-refractivity contribution is 5.61. The Hall–Kier alpha value is -2.45. The quantitative estimate of drug-likeness (QED) is 0.480. The SMILES string of the molecule is O=C[C@H](c1ccc(C(F)(F)F)cc1)N1CC[C@@H](OCCCc2ccc3c(n2)NCCC3)C1. The van der Waals surface area contributed by atoms with Gasteiger partial charge in [-0.25, -0.2) is 4.98 Å². The minimum atomic E-state index is -4.38. The third-order valence-electron chi connectivity index (χ3n) is 6.16. The van der Waals surface area contributed by atoms with E-state index in [0.717, 1.165) is 68.6 Å². The van der Waals surface area contributed by atoms with E-state index in [0.29, 0.717) is 25.3 Å². The summed E-state index contributed by atoms with van der Waals surface area (Å²) in [6.07, 6.45) is 1.14. The largest absolute Gasteiger partial charge is 0.416 e. The lowest BCUT2D eigenvalue weighted by molar-refractivity contribution is -0.137. The summed E-state index contributed by atoms with van der Waals surface area (Å²) in [6, 6.07) is 8.51. The summed E-state index contributed by atoms with van der Waals surface area (Å²) in [7, 11) is 0. The molecule has 1 aromatic carbocycles. The fourth-order valence-corrected chi connectivity index (χ4v) is 4.40. The van der Waals surface area contributed by atoms with Crippen LogP contribution in [-0.4, -0.2) is 48.5 Å². The van der Waals surface area contributed by atoms with E-state index in [-0.39, 0.29) is 6.10 Å². The number of halogens is 3. The van der Waals surface area contributed by atoms with Crippen LogP contribution in [0.3, 0.4) is 0 Å². The predicted molar refractivity (Wildman–Crippen MR) is 116 cm³/mol. The van der Waals surface area contributed by atoms with Crippen LogP contribution in [0.1, 0.15) is 47.7 Å². The van der Waals surface area contributed by atoms with Gasteiger partial charge in [0.05, 0.1) is 17.7 Å². The lowest BCUT2D eigenvalue weighted by atomic mass is 10.0. The van der Waals surface area contributed by atoms with Crippen molar-refractivity contribution < 1.29 is 22.7 Å². The molecular formula is C24H28F3N3O2. The minimum absolute atomic E-state index is 0.0186. The first-order valence-corrected chi connectivity index (χ1v) is 11.1. The molecule has 0 unspecified atom stereocenters. The van der Waals surface area contributed by atoms with Crippen molar-refractivity contribution in [3.63, 3.8) is 0 Å². The van der Waals surface area contributed by atoms with Gasteiger partial charge in [-0.1, -0.05) is 18.2 Å². The molecule has 2 aromatic rings. The van der Waals surface area contributed by atoms with Gasteiger partial charge in [-0.15, -0.1) is 0 Å². The Labute approximate surface area is 186 Å². The summed E-state index contributed by atoms with van der Waals surface area (Å²) in [6.45, 7) is 2.84. The second-order valence-electron chi connectivity index (χ2n) is 8.42. The normalized spacial score (nSPS) is 19.9. The molecule has 1 fully saturated rings. The highest BCUT2D eigenvalue weighted by atomic mass is 19.4. The number of carbonyl (C=O) groups is 1. The van der Waals surface area contributed by atoms with Crippen molar-refractivity contribution in [2.75, 3.05) is 31.6 Å². The Balaban J connectivity index is 1.24. The molecule has 0 bridgehead atoms. The number of anilines is 1. The number of aromatic nitrogens is 1. The summed E-state index contributed by atoms with van der Waals surface area (Å²) in [5.74, 6) is 1.00. The maximum atomic E-state index is 12.8. The molecule has 172 valence electrons. The summed E-state index contributed by atoms with van der Waals surface area (Å²) in [5.41, 5.74) is 2.19. The van der Waals surface area contributed by atoms with E-state index in [9.17, 15) is 18.0 Å². The maximum Gasteiger partial charge on any atom is 0.416 e. The molecule has 4 rings (SSSR count). The molecule has 2 aliphatic heterocycles. The molecule has 1 saturated heterocycles. The summed E-state index contributed by atoms with van der Waals surface area (Å²) in [5, 5.41) is 3.35. The van der Waals surface area contributed by atoms with Crippen LogP contribution in [-0.2, 0) is 28.5 Å². The molecule has 0 amide bonds. The van der Waals surface area contributed by atoms with Crippen LogP contribution in [0.25, 0.3) is 0 Å². The first kappa shape index (κ1) is 22.7. The third kappa shape index (κ3) is 5.48. The van der Waals surface area contributed by atoms with Gasteiger partial charge in [-0.05, 0) is 61.4 Å². The highest BCUT2D eigenvalue weighted by Gasteiger charge is 2.32. The van der Waals surface area contributed by atoms with Crippen LogP contribution < -0.4 is 5.32 Å². The van der Waals surface area contributed by atoms with Crippen molar-refractivity contribution >= 4 is 12.1 Å². The molecule has 8 heteroatoms. The van der Waals surface area contributed by atoms with Crippen molar-refractivity contribution in [1.29, 1.82) is 0 Å². The van der Waals surface area contributed by atoms with Gasteiger partial charge in [0.1, 0.15) is 12.1 Å². The Bertz CT molecular complexity index is 918. The number of nitrogens with one attached hydrogen (secondary N) is 1. The second kappa shape index (κ2) is 10.0. The van der Waals surface area contributed by atoms with E-state index in [1.165, 1.54) is 17.7 Å². The number of alkyl halides is 3. The van der Waals surface area contributed by atoms with E-state index in [2.05, 4.69) is 17.4 Å². The van der Waals surface area contributed by atoms with Gasteiger partial charge in [0.15, 0.2) is 0 Å². The summed E-state index contributed by atoms with van der Waals surface area (Å²) >= 11 is 0. The van der Waals surface area contributed by atoms with E-state index in [4.69, 9.17) is 9.72 Å². The van der Waals surface area contributed by atoms with Crippen LogP contribution in [0.15, 0.2) is 36.4 Å². The van der Waals surface area contributed by atoms with Crippen molar-refractivity contribution in [2.24, 2.45) is 0 Å². The molecule has 2 aliphatic rings. The number of hydrogen-bond acceptors (Lipinski definition) is 5. The fraction of sp³-hybridized carbons (Fsp3) is 0.500. The minimum Gasteiger partial charge on any atom is -0.377 e. The molecular weight excluding hydrogens is 419 g/mol. The van der Waals surface area contributed by atoms with E-state index >= 15 is 0 Å². The topological polar surface area (TPSA) is 54.5 Å². The van der Waals surface area contributed by atoms with Gasteiger partial charge in [-0.3, -0.25) is 4.90 Å². The number of aryl methyl sites for hydroxylation is 2. The first-order valence-electron chi connectivity index (χ1n) is 11.1. The number of likely N-dealkylation sites (tertiary alicyclic amines) is 1. The number of pyridine rings is 1. The van der Waals surface area contributed by atoms with Gasteiger partial charge >= 0.3 is 6.18 Å². The van der Waals surface area contributed by atoms with Gasteiger partial charge in [0, 0.05) is 31.9 Å². The lowest BCUT2D eigenvalue weighted by Gasteiger charge is -2.23. The molecule has 3 heterocycles. The Morgan fingerprint density at radius 3 is 2.78 bits per heavy atom. The van der Waals surface area contributed by atoms with Gasteiger partial charge in [-0.2, -0.15) is 13.2 Å². The zero-order valence-electron chi connectivity index (χ0n) is 17.9. The Morgan fingerprint density at radius 1 is 1.22 bits per heavy atom. The predicted octanol–water partition coefficient (Wildman–Crippen LogP) is 4.42. The van der Waals surface area contributed by atoms with Crippen LogP contribution in [0.2, 0.25) is 0 Å². The molecule has 0 spiro atoms. The molecule has 0 aliphatic carbocycles. The average Bonchev–Trinajstić information content (AvgIpc) is 3.25. The van der Waals surface area contributed by atoms with Gasteiger partial charge < -0.3 is 14.8 Å². The molecule has 32 heavy (non-hydrogen) atoms. The van der Waals surface area contributed by atoms with Crippen LogP contribution in [0.5, 0.6) is 0 Å². The monoisotopic (exact) mass is 447 g/mol. The number of rotatable bonds is 8. The highest BCUT2D eigenvalue weighted by Crippen LogP contribution is 2.31. The van der Waals surface area contributed by atoms with Crippen LogP contribution in [0.4, 0.5) is 19.0 Å². The van der Waals surface area contributed by atoms with Crippen molar-refractivity contribution in [3.05, 3.63) is 58.8 Å². The third-order valence-corrected chi connectivity index (χ3v) is 6.16. The molecule has 1 aromatic heterocycles. The van der Waals surface area contributed by atoms with Gasteiger partial charge in [0.2, 0.25) is 0 Å². The van der Waals surface area contributed by atoms with Crippen molar-refractivity contribution in [3.8, 4) is 0 Å². The van der Waals surface area contributed by atoms with Gasteiger partial charge in [0.25, 0.3) is 0 Å². The standard InChI is InChI=1S/C24H28F3N3O2/c25-24(26,27)19-8-5-17(6-9-19)22(16-31)30-13-11-21(15-30)32-14-2-4-20-10-7-18-3-1-12-28-23(18)29-20/h5-10,16,21-22H,1-4,11-15H2,(H,28,29)/t21-,22-/m1/s1. The summed E-state index contributed by atoms with van der Waals surface area (Å²) < 4.78 is 44.4.